The summed E-state index contributed by atoms with van der Waals surface area (Å²) in [7, 11) is 0. The van der Waals surface area contributed by atoms with Crippen molar-refractivity contribution in [1.29, 1.82) is 0 Å². The van der Waals surface area contributed by atoms with E-state index in [1.54, 1.807) is 0 Å². The van der Waals surface area contributed by atoms with Gasteiger partial charge in [-0.2, -0.15) is 0 Å². The lowest BCUT2D eigenvalue weighted by Crippen LogP contribution is -2.36. The Labute approximate surface area is 174 Å². The van der Waals surface area contributed by atoms with E-state index in [0.29, 0.717) is 16.5 Å². The number of fused-ring (bicyclic) bond motifs is 6. The van der Waals surface area contributed by atoms with Gasteiger partial charge in [-0.1, -0.05) is 13.3 Å². The molecule has 1 N–H and O–H groups in total. The molecule has 6 nitrogen and oxygen atoms in total. The van der Waals surface area contributed by atoms with E-state index in [9.17, 15) is 14.4 Å². The van der Waals surface area contributed by atoms with Gasteiger partial charge in [0.25, 0.3) is 5.91 Å². The van der Waals surface area contributed by atoms with Crippen molar-refractivity contribution in [2.75, 3.05) is 4.90 Å². The molecule has 5 atom stereocenters. The maximum Gasteiger partial charge on any atom is 0.254 e. The van der Waals surface area contributed by atoms with Gasteiger partial charge in [0.2, 0.25) is 11.8 Å². The second kappa shape index (κ2) is 6.38. The number of rotatable bonds is 4. The third-order valence-corrected chi connectivity index (χ3v) is 8.79. The molecule has 1 aromatic heterocycles. The van der Waals surface area contributed by atoms with Crippen LogP contribution in [0.5, 0.6) is 0 Å². The maximum atomic E-state index is 13.3. The van der Waals surface area contributed by atoms with Gasteiger partial charge in [0.1, 0.15) is 5.00 Å². The number of nitrogens with one attached hydrogen (secondary N) is 1. The van der Waals surface area contributed by atoms with E-state index in [4.69, 9.17) is 4.74 Å². The van der Waals surface area contributed by atoms with Crippen molar-refractivity contribution >= 4 is 34.1 Å². The number of hydrogen-bond donors (Lipinski definition) is 1. The minimum Gasteiger partial charge on any atom is -0.373 e. The minimum absolute atomic E-state index is 0.105. The molecule has 4 fully saturated rings. The third kappa shape index (κ3) is 2.59. The van der Waals surface area contributed by atoms with Crippen LogP contribution < -0.4 is 10.2 Å². The minimum atomic E-state index is -0.358. The molecule has 3 amide bonds. The second-order valence-electron chi connectivity index (χ2n) is 9.30. The molecule has 3 aliphatic heterocycles. The number of anilines is 1. The van der Waals surface area contributed by atoms with Crippen LogP contribution in [-0.2, 0) is 27.2 Å². The highest BCUT2D eigenvalue weighted by atomic mass is 32.1. The molecule has 6 rings (SSSR count). The molecular formula is C22H26N2O4S. The summed E-state index contributed by atoms with van der Waals surface area (Å²) in [6.45, 7) is 2.20. The van der Waals surface area contributed by atoms with Gasteiger partial charge in [-0.3, -0.25) is 14.4 Å². The van der Waals surface area contributed by atoms with E-state index in [2.05, 4.69) is 12.2 Å². The van der Waals surface area contributed by atoms with E-state index >= 15 is 0 Å². The van der Waals surface area contributed by atoms with Gasteiger partial charge in [0.05, 0.1) is 29.6 Å². The van der Waals surface area contributed by atoms with Crippen LogP contribution in [-0.4, -0.2) is 36.0 Å². The lowest BCUT2D eigenvalue weighted by molar-refractivity contribution is -0.124. The number of nitrogens with zero attached hydrogens (tertiary/aromatic N) is 1. The summed E-state index contributed by atoms with van der Waals surface area (Å²) < 4.78 is 5.87. The molecule has 154 valence electrons. The van der Waals surface area contributed by atoms with Crippen molar-refractivity contribution in [3.8, 4) is 0 Å². The van der Waals surface area contributed by atoms with Crippen LogP contribution in [0.25, 0.3) is 0 Å². The smallest absolute Gasteiger partial charge is 0.254 e. The number of thiophene rings is 1. The van der Waals surface area contributed by atoms with Crippen molar-refractivity contribution in [2.45, 2.75) is 76.5 Å². The first-order valence-electron chi connectivity index (χ1n) is 11.1. The zero-order chi connectivity index (χ0) is 19.9. The van der Waals surface area contributed by atoms with E-state index in [1.807, 2.05) is 0 Å². The van der Waals surface area contributed by atoms with Crippen LogP contribution in [0.3, 0.4) is 0 Å². The summed E-state index contributed by atoms with van der Waals surface area (Å²) in [5, 5.41) is 3.68. The lowest BCUT2D eigenvalue weighted by Gasteiger charge is -2.21. The number of amides is 3. The molecule has 0 spiro atoms. The van der Waals surface area contributed by atoms with Crippen LogP contribution >= 0.6 is 11.3 Å². The lowest BCUT2D eigenvalue weighted by atomic mass is 9.81. The van der Waals surface area contributed by atoms with Gasteiger partial charge in [-0.05, 0) is 56.4 Å². The molecule has 0 aromatic carbocycles. The van der Waals surface area contributed by atoms with Crippen LogP contribution in [0.4, 0.5) is 5.00 Å². The fraction of sp³-hybridized carbons (Fsp3) is 0.682. The Morgan fingerprint density at radius 3 is 2.41 bits per heavy atom. The van der Waals surface area contributed by atoms with Crippen LogP contribution in [0.1, 0.15) is 66.2 Å². The van der Waals surface area contributed by atoms with Crippen LogP contribution in [0.15, 0.2) is 0 Å². The fourth-order valence-corrected chi connectivity index (χ4v) is 7.25. The Morgan fingerprint density at radius 1 is 1.10 bits per heavy atom. The number of carbonyl (C=O) groups is 3. The Hall–Kier alpha value is -1.73. The predicted octanol–water partition coefficient (Wildman–Crippen LogP) is 2.82. The summed E-state index contributed by atoms with van der Waals surface area (Å²) in [5.41, 5.74) is 1.67. The molecule has 1 saturated carbocycles. The highest BCUT2D eigenvalue weighted by Crippen LogP contribution is 2.52. The van der Waals surface area contributed by atoms with Gasteiger partial charge >= 0.3 is 0 Å². The molecule has 29 heavy (non-hydrogen) atoms. The van der Waals surface area contributed by atoms with Crippen molar-refractivity contribution in [2.24, 2.45) is 17.8 Å². The Balaban J connectivity index is 1.42. The highest BCUT2D eigenvalue weighted by Gasteiger charge is 2.63. The molecule has 2 aliphatic carbocycles. The topological polar surface area (TPSA) is 75.7 Å². The summed E-state index contributed by atoms with van der Waals surface area (Å²) in [6, 6.07) is 0.242. The van der Waals surface area contributed by atoms with Gasteiger partial charge in [0, 0.05) is 10.9 Å². The van der Waals surface area contributed by atoms with Crippen LogP contribution in [0.2, 0.25) is 0 Å². The number of imide groups is 1. The number of carbonyl (C=O) groups excluding carboxylic acids is 3. The summed E-state index contributed by atoms with van der Waals surface area (Å²) in [5.74, 6) is -0.517. The second-order valence-corrected chi connectivity index (χ2v) is 10.4. The average molecular weight is 415 g/mol. The first-order valence-corrected chi connectivity index (χ1v) is 11.9. The molecule has 0 unspecified atom stereocenters. The van der Waals surface area contributed by atoms with Crippen molar-refractivity contribution in [3.63, 3.8) is 0 Å². The molecular weight excluding hydrogens is 388 g/mol. The monoisotopic (exact) mass is 414 g/mol. The maximum absolute atomic E-state index is 13.3. The SMILES string of the molecule is CC[C@@H]1CCc2c(sc(N3C(=O)[C@H]4[C@H](C3=O)[C@H]3CC[C@H]4O3)c2C(=O)NC2CC2)C1. The van der Waals surface area contributed by atoms with Gasteiger partial charge in [-0.15, -0.1) is 11.3 Å². The van der Waals surface area contributed by atoms with E-state index in [0.717, 1.165) is 56.9 Å². The highest BCUT2D eigenvalue weighted by molar-refractivity contribution is 7.17. The normalized spacial score (nSPS) is 35.2. The van der Waals surface area contributed by atoms with Crippen molar-refractivity contribution in [3.05, 3.63) is 16.0 Å². The number of ether oxygens (including phenoxy) is 1. The average Bonchev–Trinajstić information content (AvgIpc) is 3.07. The van der Waals surface area contributed by atoms with Crippen molar-refractivity contribution in [1.82, 2.24) is 5.32 Å². The molecule has 3 saturated heterocycles. The predicted molar refractivity (Wildman–Crippen MR) is 108 cm³/mol. The molecule has 5 aliphatic rings. The third-order valence-electron chi connectivity index (χ3n) is 7.55. The summed E-state index contributed by atoms with van der Waals surface area (Å²) in [6.07, 6.45) is 7.45. The molecule has 0 radical (unpaired) electrons. The molecule has 4 heterocycles. The summed E-state index contributed by atoms with van der Waals surface area (Å²) >= 11 is 1.51. The van der Waals surface area contributed by atoms with Gasteiger partial charge in [0.15, 0.2) is 0 Å². The zero-order valence-electron chi connectivity index (χ0n) is 16.6. The van der Waals surface area contributed by atoms with Gasteiger partial charge < -0.3 is 10.1 Å². The summed E-state index contributed by atoms with van der Waals surface area (Å²) in [4.78, 5) is 42.4. The van der Waals surface area contributed by atoms with E-state index in [-0.39, 0.29) is 47.8 Å². The van der Waals surface area contributed by atoms with Gasteiger partial charge in [-0.25, -0.2) is 4.90 Å². The standard InChI is InChI=1S/C22H26N2O4S/c1-2-10-3-6-12-15(9-10)29-22(16(12)19(25)23-11-4-5-11)24-20(26)17-13-7-8-14(28-13)18(17)21(24)27/h10-11,13-14,17-18H,2-9H2,1H3,(H,23,25)/t10-,13-,14-,17-,18-/m1/s1. The Morgan fingerprint density at radius 2 is 1.79 bits per heavy atom. The van der Waals surface area contributed by atoms with Crippen LogP contribution in [0, 0.1) is 17.8 Å². The fourth-order valence-electron chi connectivity index (χ4n) is 5.78. The van der Waals surface area contributed by atoms with E-state index < -0.39 is 0 Å². The largest absolute Gasteiger partial charge is 0.373 e. The quantitative estimate of drug-likeness (QED) is 0.769. The first kappa shape index (κ1) is 18.1. The molecule has 7 heteroatoms. The Bertz CT molecular complexity index is 892. The van der Waals surface area contributed by atoms with E-state index in [1.165, 1.54) is 21.1 Å². The molecule has 2 bridgehead atoms. The van der Waals surface area contributed by atoms with Crippen molar-refractivity contribution < 1.29 is 19.1 Å². The molecule has 1 aromatic rings. The first-order chi connectivity index (χ1) is 14.1. The Kier molecular flexibility index (Phi) is 3.98. The zero-order valence-corrected chi connectivity index (χ0v) is 17.4. The number of hydrogen-bond acceptors (Lipinski definition) is 5.